The van der Waals surface area contributed by atoms with Gasteiger partial charge in [-0.15, -0.1) is 0 Å². The van der Waals surface area contributed by atoms with Crippen LogP contribution < -0.4 is 5.43 Å². The summed E-state index contributed by atoms with van der Waals surface area (Å²) in [5.74, 6) is 0.526. The van der Waals surface area contributed by atoms with Crippen molar-refractivity contribution in [3.8, 4) is 0 Å². The molecule has 76 valence electrons. The molecule has 1 aliphatic heterocycles. The molecule has 1 fully saturated rings. The fourth-order valence-electron chi connectivity index (χ4n) is 1.27. The Morgan fingerprint density at radius 2 is 2.08 bits per heavy atom. The molecular weight excluding hydrogens is 168 g/mol. The average molecular weight is 186 g/mol. The maximum atomic E-state index is 11.3. The van der Waals surface area contributed by atoms with Gasteiger partial charge in [-0.05, 0) is 5.92 Å². The van der Waals surface area contributed by atoms with Crippen LogP contribution in [0.3, 0.4) is 0 Å². The number of carbonyl (C=O) groups excluding carboxylic acids is 1. The maximum absolute atomic E-state index is 11.3. The fraction of sp³-hybridized carbons (Fsp3) is 0.889. The molecule has 1 N–H and O–H groups in total. The Balaban J connectivity index is 2.18. The van der Waals surface area contributed by atoms with Gasteiger partial charge in [-0.25, -0.2) is 5.01 Å². The highest BCUT2D eigenvalue weighted by Crippen LogP contribution is 1.99. The summed E-state index contributed by atoms with van der Waals surface area (Å²) < 4.78 is 5.17. The van der Waals surface area contributed by atoms with Crippen LogP contribution in [0.5, 0.6) is 0 Å². The molecule has 0 bridgehead atoms. The van der Waals surface area contributed by atoms with Crippen molar-refractivity contribution in [2.24, 2.45) is 5.92 Å². The van der Waals surface area contributed by atoms with Gasteiger partial charge >= 0.3 is 0 Å². The van der Waals surface area contributed by atoms with E-state index in [-0.39, 0.29) is 5.91 Å². The number of rotatable bonds is 3. The van der Waals surface area contributed by atoms with Gasteiger partial charge in [0.1, 0.15) is 0 Å². The molecule has 0 aliphatic carbocycles. The highest BCUT2D eigenvalue weighted by Gasteiger charge is 2.13. The highest BCUT2D eigenvalue weighted by atomic mass is 16.5. The molecule has 13 heavy (non-hydrogen) atoms. The van der Waals surface area contributed by atoms with Gasteiger partial charge in [-0.2, -0.15) is 0 Å². The lowest BCUT2D eigenvalue weighted by atomic mass is 10.1. The Morgan fingerprint density at radius 1 is 1.46 bits per heavy atom. The molecule has 1 saturated heterocycles. The number of hydrogen-bond acceptors (Lipinski definition) is 3. The number of nitrogens with zero attached hydrogens (tertiary/aromatic N) is 1. The molecule has 0 radical (unpaired) electrons. The molecule has 1 amide bonds. The van der Waals surface area contributed by atoms with Gasteiger partial charge in [-0.1, -0.05) is 13.8 Å². The molecule has 1 rings (SSSR count). The van der Waals surface area contributed by atoms with Gasteiger partial charge in [0.25, 0.3) is 0 Å². The molecule has 0 atom stereocenters. The van der Waals surface area contributed by atoms with Crippen LogP contribution in [-0.2, 0) is 9.53 Å². The van der Waals surface area contributed by atoms with Crippen molar-refractivity contribution in [2.75, 3.05) is 26.3 Å². The van der Waals surface area contributed by atoms with Gasteiger partial charge in [0.05, 0.1) is 13.2 Å². The number of amides is 1. The van der Waals surface area contributed by atoms with Gasteiger partial charge in [0.2, 0.25) is 5.91 Å². The molecule has 4 heteroatoms. The smallest absolute Gasteiger partial charge is 0.234 e. The number of hydrogen-bond donors (Lipinski definition) is 1. The van der Waals surface area contributed by atoms with E-state index in [1.165, 1.54) is 0 Å². The fourth-order valence-corrected chi connectivity index (χ4v) is 1.27. The van der Waals surface area contributed by atoms with Gasteiger partial charge in [0.15, 0.2) is 0 Å². The normalized spacial score (nSPS) is 19.0. The van der Waals surface area contributed by atoms with E-state index in [4.69, 9.17) is 4.74 Å². The lowest BCUT2D eigenvalue weighted by molar-refractivity contribution is -0.128. The molecule has 4 nitrogen and oxygen atoms in total. The second kappa shape index (κ2) is 5.19. The molecule has 0 saturated carbocycles. The molecular formula is C9H18N2O2. The zero-order valence-electron chi connectivity index (χ0n) is 8.38. The SMILES string of the molecule is CC(C)CC(=O)NN1CCOCC1. The van der Waals surface area contributed by atoms with Crippen LogP contribution in [0, 0.1) is 5.92 Å². The number of ether oxygens (including phenoxy) is 1. The first-order valence-corrected chi connectivity index (χ1v) is 4.80. The summed E-state index contributed by atoms with van der Waals surface area (Å²) in [6, 6.07) is 0. The van der Waals surface area contributed by atoms with Crippen molar-refractivity contribution in [3.63, 3.8) is 0 Å². The van der Waals surface area contributed by atoms with E-state index in [0.717, 1.165) is 13.1 Å². The highest BCUT2D eigenvalue weighted by molar-refractivity contribution is 5.75. The monoisotopic (exact) mass is 186 g/mol. The predicted molar refractivity (Wildman–Crippen MR) is 50.0 cm³/mol. The van der Waals surface area contributed by atoms with Crippen molar-refractivity contribution >= 4 is 5.91 Å². The van der Waals surface area contributed by atoms with Crippen molar-refractivity contribution < 1.29 is 9.53 Å². The second-order valence-electron chi connectivity index (χ2n) is 3.73. The third-order valence-electron chi connectivity index (χ3n) is 1.89. The van der Waals surface area contributed by atoms with Crippen molar-refractivity contribution in [1.29, 1.82) is 0 Å². The van der Waals surface area contributed by atoms with Crippen molar-refractivity contribution in [3.05, 3.63) is 0 Å². The summed E-state index contributed by atoms with van der Waals surface area (Å²) in [6.07, 6.45) is 0.595. The third-order valence-corrected chi connectivity index (χ3v) is 1.89. The summed E-state index contributed by atoms with van der Waals surface area (Å²) in [6.45, 7) is 7.09. The third kappa shape index (κ3) is 4.24. The van der Waals surface area contributed by atoms with Crippen molar-refractivity contribution in [1.82, 2.24) is 10.4 Å². The quantitative estimate of drug-likeness (QED) is 0.693. The largest absolute Gasteiger partial charge is 0.379 e. The van der Waals surface area contributed by atoms with Crippen LogP contribution in [0.1, 0.15) is 20.3 Å². The van der Waals surface area contributed by atoms with Crippen LogP contribution in [0.25, 0.3) is 0 Å². The minimum absolute atomic E-state index is 0.108. The summed E-state index contributed by atoms with van der Waals surface area (Å²) in [4.78, 5) is 11.3. The summed E-state index contributed by atoms with van der Waals surface area (Å²) in [5, 5.41) is 1.92. The molecule has 0 spiro atoms. The van der Waals surface area contributed by atoms with E-state index in [1.807, 2.05) is 18.9 Å². The van der Waals surface area contributed by atoms with E-state index in [1.54, 1.807) is 0 Å². The predicted octanol–water partition coefficient (Wildman–Crippen LogP) is 0.396. The Hall–Kier alpha value is -0.610. The summed E-state index contributed by atoms with van der Waals surface area (Å²) >= 11 is 0. The molecule has 1 aliphatic rings. The van der Waals surface area contributed by atoms with Crippen LogP contribution in [0.15, 0.2) is 0 Å². The molecule has 1 heterocycles. The molecule has 0 aromatic carbocycles. The van der Waals surface area contributed by atoms with Gasteiger partial charge < -0.3 is 4.74 Å². The number of carbonyl (C=O) groups is 1. The lowest BCUT2D eigenvalue weighted by Gasteiger charge is -2.27. The number of hydrazine groups is 1. The van der Waals surface area contributed by atoms with E-state index < -0.39 is 0 Å². The Morgan fingerprint density at radius 3 is 2.62 bits per heavy atom. The lowest BCUT2D eigenvalue weighted by Crippen LogP contribution is -2.48. The molecule has 0 aromatic rings. The topological polar surface area (TPSA) is 41.6 Å². The summed E-state index contributed by atoms with van der Waals surface area (Å²) in [5.41, 5.74) is 2.86. The Labute approximate surface area is 79.2 Å². The zero-order chi connectivity index (χ0) is 9.68. The summed E-state index contributed by atoms with van der Waals surface area (Å²) in [7, 11) is 0. The first-order valence-electron chi connectivity index (χ1n) is 4.80. The van der Waals surface area contributed by atoms with E-state index in [0.29, 0.717) is 25.6 Å². The van der Waals surface area contributed by atoms with Crippen LogP contribution in [-0.4, -0.2) is 37.2 Å². The maximum Gasteiger partial charge on any atom is 0.234 e. The van der Waals surface area contributed by atoms with Crippen LogP contribution >= 0.6 is 0 Å². The van der Waals surface area contributed by atoms with Gasteiger partial charge in [0, 0.05) is 19.5 Å². The zero-order valence-corrected chi connectivity index (χ0v) is 8.38. The minimum atomic E-state index is 0.108. The Bertz CT molecular complexity index is 165. The van der Waals surface area contributed by atoms with E-state index >= 15 is 0 Å². The Kier molecular flexibility index (Phi) is 4.18. The average Bonchev–Trinajstić information content (AvgIpc) is 2.04. The van der Waals surface area contributed by atoms with E-state index in [2.05, 4.69) is 5.43 Å². The van der Waals surface area contributed by atoms with Crippen LogP contribution in [0.2, 0.25) is 0 Å². The van der Waals surface area contributed by atoms with Gasteiger partial charge in [-0.3, -0.25) is 10.2 Å². The van der Waals surface area contributed by atoms with Crippen molar-refractivity contribution in [2.45, 2.75) is 20.3 Å². The molecule has 0 unspecified atom stereocenters. The first-order chi connectivity index (χ1) is 6.18. The minimum Gasteiger partial charge on any atom is -0.379 e. The van der Waals surface area contributed by atoms with E-state index in [9.17, 15) is 4.79 Å². The number of nitrogens with one attached hydrogen (secondary N) is 1. The number of morpholine rings is 1. The van der Waals surface area contributed by atoms with Crippen LogP contribution in [0.4, 0.5) is 0 Å². The second-order valence-corrected chi connectivity index (χ2v) is 3.73. The molecule has 0 aromatic heterocycles. The first kappa shape index (κ1) is 10.5. The standard InChI is InChI=1S/C9H18N2O2/c1-8(2)7-9(12)10-11-3-5-13-6-4-11/h8H,3-7H2,1-2H3,(H,10,12).